The fourth-order valence-electron chi connectivity index (χ4n) is 2.11. The molecule has 84 valence electrons. The zero-order valence-corrected chi connectivity index (χ0v) is 10.4. The predicted octanol–water partition coefficient (Wildman–Crippen LogP) is 3.17. The topological polar surface area (TPSA) is 17.8 Å². The number of hydrogen-bond acceptors (Lipinski definition) is 1. The van der Waals surface area contributed by atoms with Crippen molar-refractivity contribution < 1.29 is 0 Å². The molecule has 0 amide bonds. The van der Waals surface area contributed by atoms with E-state index in [1.54, 1.807) is 0 Å². The van der Waals surface area contributed by atoms with Crippen molar-refractivity contribution in [2.24, 2.45) is 0 Å². The second kappa shape index (κ2) is 4.12. The summed E-state index contributed by atoms with van der Waals surface area (Å²) in [4.78, 5) is 4.05. The molecule has 0 spiro atoms. The van der Waals surface area contributed by atoms with E-state index >= 15 is 0 Å². The molecule has 0 bridgehead atoms. The van der Waals surface area contributed by atoms with Crippen LogP contribution in [0.2, 0.25) is 0 Å². The van der Waals surface area contributed by atoms with Crippen LogP contribution in [0.3, 0.4) is 0 Å². The summed E-state index contributed by atoms with van der Waals surface area (Å²) in [5.74, 6) is 0. The SMILES string of the molecule is Cc1c(C)c(C)n(Cc2ccncc2)c1C. The van der Waals surface area contributed by atoms with Crippen molar-refractivity contribution in [3.63, 3.8) is 0 Å². The molecule has 2 aromatic rings. The molecule has 0 unspecified atom stereocenters. The third-order valence-corrected chi connectivity index (χ3v) is 3.55. The van der Waals surface area contributed by atoms with E-state index in [2.05, 4.69) is 49.4 Å². The molecule has 0 aliphatic rings. The van der Waals surface area contributed by atoms with Crippen molar-refractivity contribution in [2.75, 3.05) is 0 Å². The average Bonchev–Trinajstić information content (AvgIpc) is 2.48. The Morgan fingerprint density at radius 3 is 1.94 bits per heavy atom. The standard InChI is InChI=1S/C14H18N2/c1-10-11(2)13(4)16(12(10)3)9-14-5-7-15-8-6-14/h5-8H,9H2,1-4H3. The van der Waals surface area contributed by atoms with Crippen LogP contribution in [0.15, 0.2) is 24.5 Å². The van der Waals surface area contributed by atoms with Crippen LogP contribution in [0.5, 0.6) is 0 Å². The first-order valence-corrected chi connectivity index (χ1v) is 5.63. The van der Waals surface area contributed by atoms with Crippen molar-refractivity contribution in [3.05, 3.63) is 52.6 Å². The van der Waals surface area contributed by atoms with Gasteiger partial charge in [-0.05, 0) is 56.5 Å². The maximum atomic E-state index is 4.05. The van der Waals surface area contributed by atoms with Gasteiger partial charge >= 0.3 is 0 Å². The minimum atomic E-state index is 0.939. The van der Waals surface area contributed by atoms with Gasteiger partial charge in [0.15, 0.2) is 0 Å². The molecule has 0 aliphatic carbocycles. The monoisotopic (exact) mass is 214 g/mol. The Bertz CT molecular complexity index is 470. The lowest BCUT2D eigenvalue weighted by Gasteiger charge is -2.09. The van der Waals surface area contributed by atoms with Crippen molar-refractivity contribution in [1.29, 1.82) is 0 Å². The Morgan fingerprint density at radius 1 is 0.938 bits per heavy atom. The molecule has 0 saturated heterocycles. The summed E-state index contributed by atoms with van der Waals surface area (Å²) >= 11 is 0. The van der Waals surface area contributed by atoms with Gasteiger partial charge in [-0.1, -0.05) is 0 Å². The molecule has 2 heterocycles. The van der Waals surface area contributed by atoms with Gasteiger partial charge in [-0.2, -0.15) is 0 Å². The number of rotatable bonds is 2. The first kappa shape index (κ1) is 10.9. The number of nitrogens with zero attached hydrogens (tertiary/aromatic N) is 2. The van der Waals surface area contributed by atoms with E-state index in [0.29, 0.717) is 0 Å². The number of aromatic nitrogens is 2. The van der Waals surface area contributed by atoms with E-state index in [4.69, 9.17) is 0 Å². The summed E-state index contributed by atoms with van der Waals surface area (Å²) < 4.78 is 2.38. The van der Waals surface area contributed by atoms with Gasteiger partial charge in [0.05, 0.1) is 0 Å². The number of pyridine rings is 1. The smallest absolute Gasteiger partial charge is 0.0476 e. The second-order valence-electron chi connectivity index (χ2n) is 4.36. The molecular weight excluding hydrogens is 196 g/mol. The Morgan fingerprint density at radius 2 is 1.44 bits per heavy atom. The van der Waals surface area contributed by atoms with Crippen LogP contribution in [-0.4, -0.2) is 9.55 Å². The Hall–Kier alpha value is -1.57. The van der Waals surface area contributed by atoms with Gasteiger partial charge in [0.25, 0.3) is 0 Å². The Labute approximate surface area is 97.0 Å². The van der Waals surface area contributed by atoms with Crippen molar-refractivity contribution >= 4 is 0 Å². The summed E-state index contributed by atoms with van der Waals surface area (Å²) in [5.41, 5.74) is 6.85. The lowest BCUT2D eigenvalue weighted by Crippen LogP contribution is -2.04. The molecule has 2 heteroatoms. The van der Waals surface area contributed by atoms with Gasteiger partial charge in [-0.15, -0.1) is 0 Å². The molecule has 16 heavy (non-hydrogen) atoms. The van der Waals surface area contributed by atoms with Crippen LogP contribution >= 0.6 is 0 Å². The minimum absolute atomic E-state index is 0.939. The van der Waals surface area contributed by atoms with E-state index in [-0.39, 0.29) is 0 Å². The first-order chi connectivity index (χ1) is 7.61. The van der Waals surface area contributed by atoms with Gasteiger partial charge in [-0.3, -0.25) is 4.98 Å². The van der Waals surface area contributed by atoms with E-state index in [1.807, 2.05) is 12.4 Å². The molecular formula is C14H18N2. The van der Waals surface area contributed by atoms with Crippen molar-refractivity contribution in [2.45, 2.75) is 34.2 Å². The minimum Gasteiger partial charge on any atom is -0.344 e. The lowest BCUT2D eigenvalue weighted by molar-refractivity contribution is 0.744. The van der Waals surface area contributed by atoms with Gasteiger partial charge in [0.1, 0.15) is 0 Å². The summed E-state index contributed by atoms with van der Waals surface area (Å²) in [6, 6.07) is 4.15. The van der Waals surface area contributed by atoms with Gasteiger partial charge in [0, 0.05) is 30.3 Å². The Balaban J connectivity index is 2.39. The van der Waals surface area contributed by atoms with Crippen LogP contribution in [0.25, 0.3) is 0 Å². The van der Waals surface area contributed by atoms with Gasteiger partial charge in [-0.25, -0.2) is 0 Å². The second-order valence-corrected chi connectivity index (χ2v) is 4.36. The third kappa shape index (κ3) is 1.75. The van der Waals surface area contributed by atoms with Crippen molar-refractivity contribution in [1.82, 2.24) is 9.55 Å². The lowest BCUT2D eigenvalue weighted by atomic mass is 10.2. The van der Waals surface area contributed by atoms with Gasteiger partial charge < -0.3 is 4.57 Å². The molecule has 0 radical (unpaired) electrons. The zero-order valence-electron chi connectivity index (χ0n) is 10.4. The summed E-state index contributed by atoms with van der Waals surface area (Å²) in [7, 11) is 0. The van der Waals surface area contributed by atoms with E-state index in [0.717, 1.165) is 6.54 Å². The highest BCUT2D eigenvalue weighted by Gasteiger charge is 2.10. The molecule has 0 fully saturated rings. The molecule has 2 rings (SSSR count). The predicted molar refractivity (Wildman–Crippen MR) is 66.7 cm³/mol. The summed E-state index contributed by atoms with van der Waals surface area (Å²) in [6.45, 7) is 9.71. The molecule has 2 nitrogen and oxygen atoms in total. The third-order valence-electron chi connectivity index (χ3n) is 3.55. The largest absolute Gasteiger partial charge is 0.344 e. The highest BCUT2D eigenvalue weighted by atomic mass is 15.0. The highest BCUT2D eigenvalue weighted by molar-refractivity contribution is 5.36. The Kier molecular flexibility index (Phi) is 2.82. The normalized spacial score (nSPS) is 10.8. The number of hydrogen-bond donors (Lipinski definition) is 0. The molecule has 0 aliphatic heterocycles. The summed E-state index contributed by atoms with van der Waals surface area (Å²) in [5, 5.41) is 0. The van der Waals surface area contributed by atoms with Gasteiger partial charge in [0.2, 0.25) is 0 Å². The summed E-state index contributed by atoms with van der Waals surface area (Å²) in [6.07, 6.45) is 3.70. The van der Waals surface area contributed by atoms with Crippen LogP contribution in [0, 0.1) is 27.7 Å². The molecule has 0 aromatic carbocycles. The molecule has 2 aromatic heterocycles. The maximum Gasteiger partial charge on any atom is 0.0476 e. The average molecular weight is 214 g/mol. The zero-order chi connectivity index (χ0) is 11.7. The molecule has 0 atom stereocenters. The molecule has 0 N–H and O–H groups in total. The van der Waals surface area contributed by atoms with Crippen LogP contribution in [0.1, 0.15) is 28.1 Å². The maximum absolute atomic E-state index is 4.05. The quantitative estimate of drug-likeness (QED) is 0.751. The van der Waals surface area contributed by atoms with E-state index in [9.17, 15) is 0 Å². The van der Waals surface area contributed by atoms with E-state index in [1.165, 1.54) is 28.1 Å². The highest BCUT2D eigenvalue weighted by Crippen LogP contribution is 2.21. The van der Waals surface area contributed by atoms with Crippen LogP contribution < -0.4 is 0 Å². The fraction of sp³-hybridized carbons (Fsp3) is 0.357. The molecule has 0 saturated carbocycles. The van der Waals surface area contributed by atoms with E-state index < -0.39 is 0 Å². The fourth-order valence-corrected chi connectivity index (χ4v) is 2.11. The first-order valence-electron chi connectivity index (χ1n) is 5.63. The van der Waals surface area contributed by atoms with Crippen molar-refractivity contribution in [3.8, 4) is 0 Å². The van der Waals surface area contributed by atoms with Crippen LogP contribution in [0.4, 0.5) is 0 Å². The van der Waals surface area contributed by atoms with Crippen LogP contribution in [-0.2, 0) is 6.54 Å².